The fraction of sp³-hybridized carbons (Fsp3) is 0.500. The predicted octanol–water partition coefficient (Wildman–Crippen LogP) is 3.23. The molecule has 20 heavy (non-hydrogen) atoms. The maximum atomic E-state index is 12.1. The van der Waals surface area contributed by atoms with Crippen LogP contribution in [0.2, 0.25) is 0 Å². The minimum Gasteiger partial charge on any atom is -0.493 e. The van der Waals surface area contributed by atoms with Crippen LogP contribution in [0.15, 0.2) is 12.1 Å². The summed E-state index contributed by atoms with van der Waals surface area (Å²) in [6.07, 6.45) is 1.22. The van der Waals surface area contributed by atoms with Gasteiger partial charge in [0, 0.05) is 12.0 Å². The van der Waals surface area contributed by atoms with Gasteiger partial charge in [-0.15, -0.1) is 0 Å². The van der Waals surface area contributed by atoms with Crippen LogP contribution in [0, 0.1) is 13.8 Å². The van der Waals surface area contributed by atoms with E-state index in [0.717, 1.165) is 23.3 Å². The molecule has 0 aromatic heterocycles. The maximum Gasteiger partial charge on any atom is 0.305 e. The van der Waals surface area contributed by atoms with E-state index in [1.54, 1.807) is 0 Å². The Balaban J connectivity index is 2.83. The zero-order valence-electron chi connectivity index (χ0n) is 12.6. The molecule has 4 nitrogen and oxygen atoms in total. The van der Waals surface area contributed by atoms with Crippen molar-refractivity contribution in [3.8, 4) is 5.75 Å². The van der Waals surface area contributed by atoms with Crippen molar-refractivity contribution in [2.45, 2.75) is 40.0 Å². The number of benzene rings is 1. The van der Waals surface area contributed by atoms with E-state index >= 15 is 0 Å². The molecule has 0 heterocycles. The Morgan fingerprint density at radius 1 is 1.10 bits per heavy atom. The first-order chi connectivity index (χ1) is 9.49. The summed E-state index contributed by atoms with van der Waals surface area (Å²) < 4.78 is 10.2. The Morgan fingerprint density at radius 2 is 1.80 bits per heavy atom. The highest BCUT2D eigenvalue weighted by Crippen LogP contribution is 2.24. The second-order valence-electron chi connectivity index (χ2n) is 4.78. The molecule has 0 unspecified atom stereocenters. The molecule has 0 fully saturated rings. The Hall–Kier alpha value is -1.84. The molecule has 0 amide bonds. The molecule has 0 bridgehead atoms. The quantitative estimate of drug-likeness (QED) is 0.567. The summed E-state index contributed by atoms with van der Waals surface area (Å²) in [5.41, 5.74) is 2.46. The lowest BCUT2D eigenvalue weighted by atomic mass is 9.98. The molecule has 110 valence electrons. The lowest BCUT2D eigenvalue weighted by molar-refractivity contribution is -0.140. The number of carbonyl (C=O) groups is 2. The lowest BCUT2D eigenvalue weighted by Crippen LogP contribution is -2.08. The number of ketones is 1. The summed E-state index contributed by atoms with van der Waals surface area (Å²) in [7, 11) is 1.32. The summed E-state index contributed by atoms with van der Waals surface area (Å²) in [6, 6.07) is 3.72. The normalized spacial score (nSPS) is 10.2. The third-order valence-corrected chi connectivity index (χ3v) is 3.07. The van der Waals surface area contributed by atoms with Gasteiger partial charge in [-0.1, -0.05) is 6.92 Å². The third-order valence-electron chi connectivity index (χ3n) is 3.07. The summed E-state index contributed by atoms with van der Waals surface area (Å²) in [6.45, 7) is 6.51. The molecule has 0 saturated heterocycles. The van der Waals surface area contributed by atoms with E-state index < -0.39 is 0 Å². The van der Waals surface area contributed by atoms with Crippen LogP contribution in [0.25, 0.3) is 0 Å². The molecule has 1 aromatic carbocycles. The molecular formula is C16H22O4. The SMILES string of the molecule is CCCOc1cc(C)c(C(=O)CCC(=O)OC)cc1C. The van der Waals surface area contributed by atoms with Gasteiger partial charge in [0.2, 0.25) is 0 Å². The molecular weight excluding hydrogens is 256 g/mol. The van der Waals surface area contributed by atoms with Crippen molar-refractivity contribution >= 4 is 11.8 Å². The van der Waals surface area contributed by atoms with Crippen LogP contribution in [-0.2, 0) is 9.53 Å². The van der Waals surface area contributed by atoms with Gasteiger partial charge in [0.05, 0.1) is 20.1 Å². The van der Waals surface area contributed by atoms with Crippen molar-refractivity contribution in [1.29, 1.82) is 0 Å². The Labute approximate surface area is 120 Å². The van der Waals surface area contributed by atoms with E-state index in [9.17, 15) is 9.59 Å². The predicted molar refractivity (Wildman–Crippen MR) is 77.3 cm³/mol. The molecule has 0 N–H and O–H groups in total. The van der Waals surface area contributed by atoms with Crippen molar-refractivity contribution in [1.82, 2.24) is 0 Å². The highest BCUT2D eigenvalue weighted by Gasteiger charge is 2.14. The number of hydrogen-bond donors (Lipinski definition) is 0. The first-order valence-corrected chi connectivity index (χ1v) is 6.83. The van der Waals surface area contributed by atoms with Gasteiger partial charge >= 0.3 is 5.97 Å². The number of esters is 1. The maximum absolute atomic E-state index is 12.1. The minimum absolute atomic E-state index is 0.0435. The Morgan fingerprint density at radius 3 is 2.40 bits per heavy atom. The third kappa shape index (κ3) is 4.37. The highest BCUT2D eigenvalue weighted by molar-refractivity contribution is 5.99. The van der Waals surface area contributed by atoms with Crippen LogP contribution in [-0.4, -0.2) is 25.5 Å². The van der Waals surface area contributed by atoms with Gasteiger partial charge in [-0.3, -0.25) is 9.59 Å². The molecule has 0 aliphatic heterocycles. The minimum atomic E-state index is -0.365. The van der Waals surface area contributed by atoms with Crippen molar-refractivity contribution in [2.75, 3.05) is 13.7 Å². The van der Waals surface area contributed by atoms with Crippen LogP contribution >= 0.6 is 0 Å². The van der Waals surface area contributed by atoms with Gasteiger partial charge in [-0.25, -0.2) is 0 Å². The first kappa shape index (κ1) is 16.2. The van der Waals surface area contributed by atoms with Crippen molar-refractivity contribution in [3.05, 3.63) is 28.8 Å². The highest BCUT2D eigenvalue weighted by atomic mass is 16.5. The van der Waals surface area contributed by atoms with Crippen molar-refractivity contribution < 1.29 is 19.1 Å². The van der Waals surface area contributed by atoms with E-state index in [2.05, 4.69) is 4.74 Å². The van der Waals surface area contributed by atoms with E-state index in [4.69, 9.17) is 4.74 Å². The molecule has 4 heteroatoms. The Kier molecular flexibility index (Phi) is 6.22. The summed E-state index contributed by atoms with van der Waals surface area (Å²) in [4.78, 5) is 23.2. The molecule has 1 rings (SSSR count). The summed E-state index contributed by atoms with van der Waals surface area (Å²) in [5.74, 6) is 0.405. The largest absolute Gasteiger partial charge is 0.493 e. The topological polar surface area (TPSA) is 52.6 Å². The number of ether oxygens (including phenoxy) is 2. The van der Waals surface area contributed by atoms with Crippen LogP contribution in [0.4, 0.5) is 0 Å². The van der Waals surface area contributed by atoms with Gasteiger partial charge in [0.1, 0.15) is 5.75 Å². The number of methoxy groups -OCH3 is 1. The monoisotopic (exact) mass is 278 g/mol. The van der Waals surface area contributed by atoms with Crippen LogP contribution in [0.5, 0.6) is 5.75 Å². The molecule has 0 aliphatic rings. The number of carbonyl (C=O) groups excluding carboxylic acids is 2. The van der Waals surface area contributed by atoms with Crippen LogP contribution in [0.1, 0.15) is 47.7 Å². The van der Waals surface area contributed by atoms with E-state index in [1.807, 2.05) is 32.9 Å². The van der Waals surface area contributed by atoms with Crippen molar-refractivity contribution in [3.63, 3.8) is 0 Å². The average Bonchev–Trinajstić information content (AvgIpc) is 2.44. The fourth-order valence-electron chi connectivity index (χ4n) is 1.91. The zero-order valence-corrected chi connectivity index (χ0v) is 12.6. The van der Waals surface area contributed by atoms with Gasteiger partial charge in [-0.2, -0.15) is 0 Å². The fourth-order valence-corrected chi connectivity index (χ4v) is 1.91. The number of Topliss-reactive ketones (excluding diaryl/α,β-unsaturated/α-hetero) is 1. The van der Waals surface area contributed by atoms with Crippen molar-refractivity contribution in [2.24, 2.45) is 0 Å². The molecule has 0 atom stereocenters. The smallest absolute Gasteiger partial charge is 0.305 e. The number of rotatable bonds is 7. The second-order valence-corrected chi connectivity index (χ2v) is 4.78. The first-order valence-electron chi connectivity index (χ1n) is 6.83. The molecule has 1 aromatic rings. The van der Waals surface area contributed by atoms with Gasteiger partial charge in [-0.05, 0) is 43.5 Å². The van der Waals surface area contributed by atoms with E-state index in [0.29, 0.717) is 12.2 Å². The van der Waals surface area contributed by atoms with Gasteiger partial charge < -0.3 is 9.47 Å². The average molecular weight is 278 g/mol. The van der Waals surface area contributed by atoms with Gasteiger partial charge in [0.15, 0.2) is 5.78 Å². The molecule has 0 saturated carbocycles. The molecule has 0 aliphatic carbocycles. The molecule has 0 radical (unpaired) electrons. The Bertz CT molecular complexity index is 491. The van der Waals surface area contributed by atoms with Crippen LogP contribution in [0.3, 0.4) is 0 Å². The van der Waals surface area contributed by atoms with Gasteiger partial charge in [0.25, 0.3) is 0 Å². The summed E-state index contributed by atoms with van der Waals surface area (Å²) >= 11 is 0. The van der Waals surface area contributed by atoms with E-state index in [1.165, 1.54) is 7.11 Å². The standard InChI is InChI=1S/C16H22O4/c1-5-8-20-15-10-11(2)13(9-12(15)3)14(17)6-7-16(18)19-4/h9-10H,5-8H2,1-4H3. The lowest BCUT2D eigenvalue weighted by Gasteiger charge is -2.12. The number of aryl methyl sites for hydroxylation is 2. The molecule has 0 spiro atoms. The van der Waals surface area contributed by atoms with Crippen LogP contribution < -0.4 is 4.74 Å². The number of hydrogen-bond acceptors (Lipinski definition) is 4. The second kappa shape index (κ2) is 7.68. The summed E-state index contributed by atoms with van der Waals surface area (Å²) in [5, 5.41) is 0. The van der Waals surface area contributed by atoms with E-state index in [-0.39, 0.29) is 24.6 Å². The zero-order chi connectivity index (χ0) is 15.1.